The zero-order valence-electron chi connectivity index (χ0n) is 13.9. The summed E-state index contributed by atoms with van der Waals surface area (Å²) in [6.45, 7) is 5.51. The van der Waals surface area contributed by atoms with Crippen LogP contribution in [0.15, 0.2) is 36.5 Å². The average Bonchev–Trinajstić information content (AvgIpc) is 3.02. The largest absolute Gasteiger partial charge is 0.431 e. The Labute approximate surface area is 146 Å². The Morgan fingerprint density at radius 3 is 2.62 bits per heavy atom. The molecule has 24 heavy (non-hydrogen) atoms. The fourth-order valence-corrected chi connectivity index (χ4v) is 3.97. The first-order valence-corrected chi connectivity index (χ1v) is 9.31. The molecule has 3 aromatic rings. The molecule has 1 aliphatic heterocycles. The number of hydrogen-bond donors (Lipinski definition) is 0. The molecule has 1 saturated heterocycles. The number of likely N-dealkylation sites (tertiary alicyclic amines) is 1. The fraction of sp³-hybridized carbons (Fsp3) is 0.368. The molecule has 3 heterocycles. The van der Waals surface area contributed by atoms with Gasteiger partial charge in [-0.25, -0.2) is 9.97 Å². The van der Waals surface area contributed by atoms with Crippen molar-refractivity contribution in [1.82, 2.24) is 14.9 Å². The number of benzene rings is 1. The van der Waals surface area contributed by atoms with Crippen molar-refractivity contribution in [2.75, 3.05) is 13.1 Å². The molecule has 1 aliphatic rings. The summed E-state index contributed by atoms with van der Waals surface area (Å²) >= 11 is 1.49. The molecule has 0 N–H and O–H groups in total. The lowest BCUT2D eigenvalue weighted by Gasteiger charge is -2.26. The Balaban J connectivity index is 1.45. The minimum Gasteiger partial charge on any atom is -0.431 e. The molecule has 0 amide bonds. The molecule has 0 saturated carbocycles. The third-order valence-electron chi connectivity index (χ3n) is 4.46. The highest BCUT2D eigenvalue weighted by molar-refractivity contribution is 7.19. The van der Waals surface area contributed by atoms with Gasteiger partial charge in [0.2, 0.25) is 0 Å². The number of aryl methyl sites for hydroxylation is 1. The molecule has 4 nitrogen and oxygen atoms in total. The number of fused-ring (bicyclic) bond motifs is 1. The topological polar surface area (TPSA) is 38.2 Å². The summed E-state index contributed by atoms with van der Waals surface area (Å²) in [6.07, 6.45) is 5.84. The summed E-state index contributed by atoms with van der Waals surface area (Å²) in [7, 11) is 0. The van der Waals surface area contributed by atoms with Crippen LogP contribution in [-0.4, -0.2) is 28.0 Å². The molecule has 1 aromatic carbocycles. The molecular weight excluding hydrogens is 318 g/mol. The van der Waals surface area contributed by atoms with Gasteiger partial charge in [-0.05, 0) is 62.2 Å². The van der Waals surface area contributed by atoms with E-state index in [2.05, 4.69) is 27.0 Å². The van der Waals surface area contributed by atoms with E-state index in [4.69, 9.17) is 4.74 Å². The van der Waals surface area contributed by atoms with E-state index in [1.807, 2.05) is 31.3 Å². The van der Waals surface area contributed by atoms with E-state index in [-0.39, 0.29) is 0 Å². The molecule has 0 aliphatic carbocycles. The Kier molecular flexibility index (Phi) is 4.45. The van der Waals surface area contributed by atoms with E-state index in [0.717, 1.165) is 28.2 Å². The molecular formula is C19H21N3OS. The van der Waals surface area contributed by atoms with E-state index < -0.39 is 0 Å². The van der Waals surface area contributed by atoms with Gasteiger partial charge < -0.3 is 4.74 Å². The summed E-state index contributed by atoms with van der Waals surface area (Å²) in [4.78, 5) is 12.4. The zero-order chi connectivity index (χ0) is 16.4. The Morgan fingerprint density at radius 1 is 1.08 bits per heavy atom. The third kappa shape index (κ3) is 3.42. The quantitative estimate of drug-likeness (QED) is 0.686. The van der Waals surface area contributed by atoms with Crippen molar-refractivity contribution >= 4 is 21.7 Å². The van der Waals surface area contributed by atoms with Crippen LogP contribution in [0.4, 0.5) is 0 Å². The van der Waals surface area contributed by atoms with Crippen molar-refractivity contribution in [2.24, 2.45) is 0 Å². The maximum atomic E-state index is 5.92. The van der Waals surface area contributed by atoms with Gasteiger partial charge in [0.15, 0.2) is 0 Å². The highest BCUT2D eigenvalue weighted by Crippen LogP contribution is 2.31. The van der Waals surface area contributed by atoms with E-state index in [9.17, 15) is 0 Å². The number of pyridine rings is 1. The lowest BCUT2D eigenvalue weighted by molar-refractivity contribution is 0.221. The molecule has 0 bridgehead atoms. The Morgan fingerprint density at radius 2 is 1.88 bits per heavy atom. The van der Waals surface area contributed by atoms with Crippen LogP contribution in [0.2, 0.25) is 0 Å². The second kappa shape index (κ2) is 6.87. The van der Waals surface area contributed by atoms with Gasteiger partial charge in [-0.15, -0.1) is 0 Å². The van der Waals surface area contributed by atoms with Gasteiger partial charge >= 0.3 is 0 Å². The Bertz CT molecular complexity index is 822. The number of rotatable bonds is 4. The van der Waals surface area contributed by atoms with E-state index >= 15 is 0 Å². The molecule has 124 valence electrons. The van der Waals surface area contributed by atoms with Crippen molar-refractivity contribution in [3.05, 3.63) is 47.7 Å². The van der Waals surface area contributed by atoms with Crippen LogP contribution < -0.4 is 4.74 Å². The number of piperidine rings is 1. The highest BCUT2D eigenvalue weighted by atomic mass is 32.1. The second-order valence-corrected chi connectivity index (χ2v) is 7.28. The zero-order valence-corrected chi connectivity index (χ0v) is 14.7. The van der Waals surface area contributed by atoms with Crippen LogP contribution >= 0.6 is 11.3 Å². The number of thiazole rings is 1. The molecule has 0 atom stereocenters. The van der Waals surface area contributed by atoms with Gasteiger partial charge in [0.25, 0.3) is 5.19 Å². The molecule has 0 radical (unpaired) electrons. The van der Waals surface area contributed by atoms with E-state index in [1.165, 1.54) is 49.3 Å². The molecule has 5 heteroatoms. The van der Waals surface area contributed by atoms with Gasteiger partial charge in [0.05, 0.1) is 0 Å². The van der Waals surface area contributed by atoms with Crippen LogP contribution in [0, 0.1) is 6.92 Å². The molecule has 0 spiro atoms. The number of ether oxygens (including phenoxy) is 1. The first-order valence-electron chi connectivity index (χ1n) is 8.49. The highest BCUT2D eigenvalue weighted by Gasteiger charge is 2.11. The molecule has 0 unspecified atom stereocenters. The fourth-order valence-electron chi connectivity index (χ4n) is 3.12. The standard InChI is InChI=1S/C19H21N3OS/c1-14-9-10-20-18-17(14)21-19(24-18)23-16-7-5-15(6-8-16)13-22-11-3-2-4-12-22/h5-10H,2-4,11-13H2,1H3. The van der Waals surface area contributed by atoms with Gasteiger partial charge in [-0.2, -0.15) is 0 Å². The van der Waals surface area contributed by atoms with Crippen LogP contribution in [0.25, 0.3) is 10.3 Å². The number of nitrogens with zero attached hydrogens (tertiary/aromatic N) is 3. The summed E-state index contributed by atoms with van der Waals surface area (Å²) < 4.78 is 5.92. The summed E-state index contributed by atoms with van der Waals surface area (Å²) in [5.41, 5.74) is 3.40. The van der Waals surface area contributed by atoms with Gasteiger partial charge in [-0.1, -0.05) is 29.9 Å². The lowest BCUT2D eigenvalue weighted by atomic mass is 10.1. The third-order valence-corrected chi connectivity index (χ3v) is 5.30. The normalized spacial score (nSPS) is 15.7. The molecule has 1 fully saturated rings. The van der Waals surface area contributed by atoms with Crippen LogP contribution in [-0.2, 0) is 6.54 Å². The summed E-state index contributed by atoms with van der Waals surface area (Å²) in [6, 6.07) is 10.3. The summed E-state index contributed by atoms with van der Waals surface area (Å²) in [5.74, 6) is 0.828. The van der Waals surface area contributed by atoms with Crippen molar-refractivity contribution in [3.8, 4) is 10.9 Å². The number of aromatic nitrogens is 2. The second-order valence-electron chi connectivity index (χ2n) is 6.34. The maximum Gasteiger partial charge on any atom is 0.281 e. The average molecular weight is 339 g/mol. The van der Waals surface area contributed by atoms with Crippen LogP contribution in [0.3, 0.4) is 0 Å². The van der Waals surface area contributed by atoms with Crippen LogP contribution in [0.1, 0.15) is 30.4 Å². The smallest absolute Gasteiger partial charge is 0.281 e. The first kappa shape index (κ1) is 15.5. The summed E-state index contributed by atoms with van der Waals surface area (Å²) in [5, 5.41) is 0.649. The number of hydrogen-bond acceptors (Lipinski definition) is 5. The lowest BCUT2D eigenvalue weighted by Crippen LogP contribution is -2.28. The predicted molar refractivity (Wildman–Crippen MR) is 97.8 cm³/mol. The van der Waals surface area contributed by atoms with E-state index in [0.29, 0.717) is 5.19 Å². The van der Waals surface area contributed by atoms with Crippen molar-refractivity contribution in [2.45, 2.75) is 32.7 Å². The Hall–Kier alpha value is -1.98. The van der Waals surface area contributed by atoms with Gasteiger partial charge in [0, 0.05) is 12.7 Å². The van der Waals surface area contributed by atoms with Crippen molar-refractivity contribution < 1.29 is 4.74 Å². The minimum absolute atomic E-state index is 0.649. The minimum atomic E-state index is 0.649. The van der Waals surface area contributed by atoms with Crippen LogP contribution in [0.5, 0.6) is 10.9 Å². The maximum absolute atomic E-state index is 5.92. The SMILES string of the molecule is Cc1ccnc2sc(Oc3ccc(CN4CCCCC4)cc3)nc12. The molecule has 2 aromatic heterocycles. The predicted octanol–water partition coefficient (Wildman–Crippen LogP) is 4.78. The van der Waals surface area contributed by atoms with Gasteiger partial charge in [-0.3, -0.25) is 4.90 Å². The molecule has 4 rings (SSSR count). The van der Waals surface area contributed by atoms with Gasteiger partial charge in [0.1, 0.15) is 16.1 Å². The van der Waals surface area contributed by atoms with Crippen molar-refractivity contribution in [1.29, 1.82) is 0 Å². The van der Waals surface area contributed by atoms with E-state index in [1.54, 1.807) is 0 Å². The van der Waals surface area contributed by atoms with Crippen molar-refractivity contribution in [3.63, 3.8) is 0 Å². The monoisotopic (exact) mass is 339 g/mol. The first-order chi connectivity index (χ1) is 11.8.